The maximum absolute atomic E-state index is 12.5. The van der Waals surface area contributed by atoms with Gasteiger partial charge in [-0.15, -0.1) is 0 Å². The minimum Gasteiger partial charge on any atom is -0.494 e. The Morgan fingerprint density at radius 2 is 2.00 bits per heavy atom. The molecular formula is C20H22N2O3. The van der Waals surface area contributed by atoms with Crippen molar-refractivity contribution in [3.8, 4) is 5.75 Å². The zero-order valence-corrected chi connectivity index (χ0v) is 14.5. The van der Waals surface area contributed by atoms with Crippen molar-refractivity contribution in [1.82, 2.24) is 0 Å². The molecular weight excluding hydrogens is 316 g/mol. The molecule has 5 heteroatoms. The monoisotopic (exact) mass is 338 g/mol. The molecule has 2 aromatic rings. The van der Waals surface area contributed by atoms with Gasteiger partial charge in [0.25, 0.3) is 0 Å². The van der Waals surface area contributed by atoms with Gasteiger partial charge in [0.05, 0.1) is 12.5 Å². The SMILES string of the molecule is CCOc1ccc(N2C[C@@H](C(=O)Nc3cccc(C)c3)CC2=O)cc1. The van der Waals surface area contributed by atoms with Crippen LogP contribution in [0.5, 0.6) is 5.75 Å². The van der Waals surface area contributed by atoms with Crippen LogP contribution in [0.2, 0.25) is 0 Å². The zero-order valence-electron chi connectivity index (χ0n) is 14.5. The van der Waals surface area contributed by atoms with Crippen molar-refractivity contribution < 1.29 is 14.3 Å². The number of carbonyl (C=O) groups is 2. The summed E-state index contributed by atoms with van der Waals surface area (Å²) in [4.78, 5) is 26.5. The average molecular weight is 338 g/mol. The van der Waals surface area contributed by atoms with Crippen molar-refractivity contribution in [3.05, 3.63) is 54.1 Å². The number of hydrogen-bond acceptors (Lipinski definition) is 3. The van der Waals surface area contributed by atoms with Crippen LogP contribution >= 0.6 is 0 Å². The van der Waals surface area contributed by atoms with Crippen molar-refractivity contribution >= 4 is 23.2 Å². The second kappa shape index (κ2) is 7.38. The van der Waals surface area contributed by atoms with E-state index in [4.69, 9.17) is 4.74 Å². The van der Waals surface area contributed by atoms with E-state index in [1.165, 1.54) is 0 Å². The molecule has 0 aromatic heterocycles. The van der Waals surface area contributed by atoms with Crippen molar-refractivity contribution in [2.24, 2.45) is 5.92 Å². The van der Waals surface area contributed by atoms with Gasteiger partial charge in [0, 0.05) is 24.3 Å². The highest BCUT2D eigenvalue weighted by Crippen LogP contribution is 2.27. The van der Waals surface area contributed by atoms with E-state index in [2.05, 4.69) is 5.32 Å². The third-order valence-electron chi connectivity index (χ3n) is 4.24. The summed E-state index contributed by atoms with van der Waals surface area (Å²) in [7, 11) is 0. The van der Waals surface area contributed by atoms with Gasteiger partial charge in [-0.25, -0.2) is 0 Å². The van der Waals surface area contributed by atoms with Crippen LogP contribution in [0.3, 0.4) is 0 Å². The smallest absolute Gasteiger partial charge is 0.229 e. The molecule has 130 valence electrons. The standard InChI is InChI=1S/C20H22N2O3/c1-3-25-18-9-7-17(8-10-18)22-13-15(12-19(22)23)20(24)21-16-6-4-5-14(2)11-16/h4-11,15H,3,12-13H2,1-2H3,(H,21,24)/t15-/m0/s1. The highest BCUT2D eigenvalue weighted by molar-refractivity contribution is 6.03. The van der Waals surface area contributed by atoms with Crippen molar-refractivity contribution in [2.75, 3.05) is 23.4 Å². The summed E-state index contributed by atoms with van der Waals surface area (Å²) in [6.07, 6.45) is 0.227. The van der Waals surface area contributed by atoms with Crippen LogP contribution in [0.25, 0.3) is 0 Å². The molecule has 3 rings (SSSR count). The average Bonchev–Trinajstić information content (AvgIpc) is 2.98. The summed E-state index contributed by atoms with van der Waals surface area (Å²) in [6.45, 7) is 4.89. The van der Waals surface area contributed by atoms with E-state index in [-0.39, 0.29) is 24.2 Å². The number of hydrogen-bond donors (Lipinski definition) is 1. The topological polar surface area (TPSA) is 58.6 Å². The van der Waals surface area contributed by atoms with Gasteiger partial charge in [0.2, 0.25) is 11.8 Å². The Bertz CT molecular complexity index is 771. The fourth-order valence-electron chi connectivity index (χ4n) is 2.99. The van der Waals surface area contributed by atoms with E-state index in [0.29, 0.717) is 13.2 Å². The normalized spacial score (nSPS) is 16.8. The summed E-state index contributed by atoms with van der Waals surface area (Å²) in [5.74, 6) is 0.271. The van der Waals surface area contributed by atoms with Crippen LogP contribution in [0.1, 0.15) is 18.9 Å². The van der Waals surface area contributed by atoms with Crippen LogP contribution in [0, 0.1) is 12.8 Å². The molecule has 1 heterocycles. The Morgan fingerprint density at radius 1 is 1.24 bits per heavy atom. The molecule has 5 nitrogen and oxygen atoms in total. The van der Waals surface area contributed by atoms with E-state index in [0.717, 1.165) is 22.7 Å². The molecule has 2 aromatic carbocycles. The number of nitrogens with zero attached hydrogens (tertiary/aromatic N) is 1. The minimum atomic E-state index is -0.348. The molecule has 0 saturated carbocycles. The highest BCUT2D eigenvalue weighted by Gasteiger charge is 2.35. The lowest BCUT2D eigenvalue weighted by atomic mass is 10.1. The second-order valence-electron chi connectivity index (χ2n) is 6.19. The summed E-state index contributed by atoms with van der Waals surface area (Å²) < 4.78 is 5.42. The molecule has 1 saturated heterocycles. The molecule has 25 heavy (non-hydrogen) atoms. The first kappa shape index (κ1) is 17.0. The third-order valence-corrected chi connectivity index (χ3v) is 4.24. The van der Waals surface area contributed by atoms with Crippen molar-refractivity contribution in [2.45, 2.75) is 20.3 Å². The maximum Gasteiger partial charge on any atom is 0.229 e. The maximum atomic E-state index is 12.5. The zero-order chi connectivity index (χ0) is 17.8. The lowest BCUT2D eigenvalue weighted by molar-refractivity contribution is -0.122. The first-order valence-corrected chi connectivity index (χ1v) is 8.47. The van der Waals surface area contributed by atoms with Crippen molar-refractivity contribution in [1.29, 1.82) is 0 Å². The van der Waals surface area contributed by atoms with E-state index >= 15 is 0 Å². The quantitative estimate of drug-likeness (QED) is 0.909. The molecule has 0 radical (unpaired) electrons. The summed E-state index contributed by atoms with van der Waals surface area (Å²) in [5, 5.41) is 2.91. The molecule has 0 aliphatic carbocycles. The predicted octanol–water partition coefficient (Wildman–Crippen LogP) is 3.39. The van der Waals surface area contributed by atoms with Gasteiger partial charge >= 0.3 is 0 Å². The number of anilines is 2. The molecule has 1 atom stereocenters. The third kappa shape index (κ3) is 3.99. The van der Waals surface area contributed by atoms with Gasteiger partial charge in [0.1, 0.15) is 5.75 Å². The second-order valence-corrected chi connectivity index (χ2v) is 6.19. The van der Waals surface area contributed by atoms with Crippen LogP contribution in [0.4, 0.5) is 11.4 Å². The molecule has 0 unspecified atom stereocenters. The Hall–Kier alpha value is -2.82. The van der Waals surface area contributed by atoms with Crippen molar-refractivity contribution in [3.63, 3.8) is 0 Å². The molecule has 1 aliphatic rings. The summed E-state index contributed by atoms with van der Waals surface area (Å²) >= 11 is 0. The van der Waals surface area contributed by atoms with Gasteiger partial charge in [0.15, 0.2) is 0 Å². The number of benzene rings is 2. The summed E-state index contributed by atoms with van der Waals surface area (Å²) in [6, 6.07) is 15.0. The van der Waals surface area contributed by atoms with Gasteiger partial charge in [-0.05, 0) is 55.8 Å². The van der Waals surface area contributed by atoms with Gasteiger partial charge in [-0.1, -0.05) is 12.1 Å². The van der Waals surface area contributed by atoms with E-state index in [9.17, 15) is 9.59 Å². The number of aryl methyl sites for hydroxylation is 1. The largest absolute Gasteiger partial charge is 0.494 e. The number of carbonyl (C=O) groups excluding carboxylic acids is 2. The molecule has 1 fully saturated rings. The van der Waals surface area contributed by atoms with Crippen LogP contribution in [0.15, 0.2) is 48.5 Å². The molecule has 0 bridgehead atoms. The first-order valence-electron chi connectivity index (χ1n) is 8.47. The Morgan fingerprint density at radius 3 is 2.68 bits per heavy atom. The van der Waals surface area contributed by atoms with E-state index < -0.39 is 0 Å². The minimum absolute atomic E-state index is 0.0337. The highest BCUT2D eigenvalue weighted by atomic mass is 16.5. The van der Waals surface area contributed by atoms with Crippen LogP contribution in [-0.4, -0.2) is 25.0 Å². The molecule has 2 amide bonds. The fraction of sp³-hybridized carbons (Fsp3) is 0.300. The summed E-state index contributed by atoms with van der Waals surface area (Å²) in [5.41, 5.74) is 2.63. The van der Waals surface area contributed by atoms with Gasteiger partial charge < -0.3 is 15.0 Å². The van der Waals surface area contributed by atoms with Crippen LogP contribution < -0.4 is 15.0 Å². The van der Waals surface area contributed by atoms with Crippen LogP contribution in [-0.2, 0) is 9.59 Å². The number of amides is 2. The van der Waals surface area contributed by atoms with E-state index in [1.807, 2.05) is 62.4 Å². The van der Waals surface area contributed by atoms with Gasteiger partial charge in [-0.2, -0.15) is 0 Å². The lowest BCUT2D eigenvalue weighted by Gasteiger charge is -2.17. The number of nitrogens with one attached hydrogen (secondary N) is 1. The number of rotatable bonds is 5. The Kier molecular flexibility index (Phi) is 5.03. The molecule has 0 spiro atoms. The Balaban J connectivity index is 1.66. The fourth-order valence-corrected chi connectivity index (χ4v) is 2.99. The Labute approximate surface area is 147 Å². The number of ether oxygens (including phenoxy) is 1. The van der Waals surface area contributed by atoms with E-state index in [1.54, 1.807) is 4.90 Å². The molecule has 1 aliphatic heterocycles. The lowest BCUT2D eigenvalue weighted by Crippen LogP contribution is -2.28. The first-order chi connectivity index (χ1) is 12.1. The van der Waals surface area contributed by atoms with Gasteiger partial charge in [-0.3, -0.25) is 9.59 Å². The molecule has 1 N–H and O–H groups in total. The predicted molar refractivity (Wildman–Crippen MR) is 97.9 cm³/mol.